The molecule has 1 rings (SSSR count). The lowest BCUT2D eigenvalue weighted by Crippen LogP contribution is -2.09. The number of carbonyl (C=O) groups is 1. The number of carboxylic acids is 1. The molecular formula is C15H24O4S. The molecule has 0 saturated carbocycles. The van der Waals surface area contributed by atoms with Gasteiger partial charge < -0.3 is 14.6 Å². The number of aromatic carboxylic acids is 1. The Labute approximate surface area is 124 Å². The van der Waals surface area contributed by atoms with E-state index in [1.54, 1.807) is 0 Å². The highest BCUT2D eigenvalue weighted by atomic mass is 32.1. The van der Waals surface area contributed by atoms with Crippen molar-refractivity contribution in [1.82, 2.24) is 0 Å². The zero-order chi connectivity index (χ0) is 15.2. The van der Waals surface area contributed by atoms with Gasteiger partial charge in [-0.25, -0.2) is 4.79 Å². The smallest absolute Gasteiger partial charge is 0.349 e. The van der Waals surface area contributed by atoms with E-state index in [1.807, 2.05) is 6.07 Å². The quantitative estimate of drug-likeness (QED) is 0.739. The first-order valence-corrected chi connectivity index (χ1v) is 7.76. The fourth-order valence-electron chi connectivity index (χ4n) is 1.56. The van der Waals surface area contributed by atoms with Crippen molar-refractivity contribution < 1.29 is 19.4 Å². The van der Waals surface area contributed by atoms with Crippen LogP contribution in [0.1, 0.15) is 55.1 Å². The van der Waals surface area contributed by atoms with Crippen LogP contribution in [0.3, 0.4) is 0 Å². The minimum Gasteiger partial charge on any atom is -0.489 e. The number of unbranched alkanes of at least 4 members (excludes halogenated alkanes) is 1. The summed E-state index contributed by atoms with van der Waals surface area (Å²) in [4.78, 5) is 12.5. The van der Waals surface area contributed by atoms with Crippen LogP contribution in [0.15, 0.2) is 6.07 Å². The molecule has 0 radical (unpaired) electrons. The van der Waals surface area contributed by atoms with Gasteiger partial charge in [0.05, 0.1) is 6.61 Å². The van der Waals surface area contributed by atoms with Gasteiger partial charge in [-0.3, -0.25) is 0 Å². The van der Waals surface area contributed by atoms with Crippen LogP contribution < -0.4 is 4.74 Å². The minimum atomic E-state index is -0.938. The van der Waals surface area contributed by atoms with Crippen LogP contribution in [0.25, 0.3) is 0 Å². The van der Waals surface area contributed by atoms with Gasteiger partial charge in [-0.1, -0.05) is 34.1 Å². The van der Waals surface area contributed by atoms with Crippen LogP contribution in [0.5, 0.6) is 5.75 Å². The fourth-order valence-corrected chi connectivity index (χ4v) is 2.56. The molecule has 0 atom stereocenters. The van der Waals surface area contributed by atoms with Crippen LogP contribution in [-0.2, 0) is 10.2 Å². The molecule has 1 N–H and O–H groups in total. The lowest BCUT2D eigenvalue weighted by atomic mass is 9.95. The topological polar surface area (TPSA) is 55.8 Å². The van der Waals surface area contributed by atoms with Gasteiger partial charge in [-0.2, -0.15) is 0 Å². The predicted molar refractivity (Wildman–Crippen MR) is 81.2 cm³/mol. The standard InChI is InChI=1S/C15H24O4S/c1-5-6-7-18-8-9-19-11-10-12(15(2,3)4)20-13(11)14(16)17/h10H,5-9H2,1-4H3,(H,16,17). The largest absolute Gasteiger partial charge is 0.489 e. The van der Waals surface area contributed by atoms with Crippen LogP contribution in [0, 0.1) is 0 Å². The van der Waals surface area contributed by atoms with E-state index in [0.29, 0.717) is 19.0 Å². The molecule has 114 valence electrons. The molecule has 20 heavy (non-hydrogen) atoms. The summed E-state index contributed by atoms with van der Waals surface area (Å²) in [5, 5.41) is 9.22. The fraction of sp³-hybridized carbons (Fsp3) is 0.667. The Morgan fingerprint density at radius 3 is 2.55 bits per heavy atom. The molecule has 0 aromatic carbocycles. The molecule has 4 nitrogen and oxygen atoms in total. The highest BCUT2D eigenvalue weighted by Crippen LogP contribution is 2.36. The minimum absolute atomic E-state index is 0.0753. The van der Waals surface area contributed by atoms with E-state index in [0.717, 1.165) is 24.3 Å². The summed E-state index contributed by atoms with van der Waals surface area (Å²) < 4.78 is 11.0. The zero-order valence-electron chi connectivity index (χ0n) is 12.7. The van der Waals surface area contributed by atoms with Gasteiger partial charge in [0.2, 0.25) is 0 Å². The average Bonchev–Trinajstić information content (AvgIpc) is 2.77. The maximum absolute atomic E-state index is 11.2. The second-order valence-electron chi connectivity index (χ2n) is 5.67. The van der Waals surface area contributed by atoms with Crippen LogP contribution in [0.2, 0.25) is 0 Å². The van der Waals surface area contributed by atoms with Gasteiger partial charge >= 0.3 is 5.97 Å². The molecule has 1 heterocycles. The molecule has 0 bridgehead atoms. The molecule has 0 spiro atoms. The maximum Gasteiger partial charge on any atom is 0.349 e. The lowest BCUT2D eigenvalue weighted by Gasteiger charge is -2.14. The summed E-state index contributed by atoms with van der Waals surface area (Å²) in [5.74, 6) is -0.487. The molecule has 5 heteroatoms. The van der Waals surface area contributed by atoms with Crippen molar-refractivity contribution in [3.63, 3.8) is 0 Å². The number of rotatable bonds is 8. The van der Waals surface area contributed by atoms with E-state index in [4.69, 9.17) is 9.47 Å². The highest BCUT2D eigenvalue weighted by molar-refractivity contribution is 7.14. The van der Waals surface area contributed by atoms with Crippen LogP contribution in [0.4, 0.5) is 0 Å². The van der Waals surface area contributed by atoms with E-state index in [-0.39, 0.29) is 10.3 Å². The summed E-state index contributed by atoms with van der Waals surface area (Å²) in [7, 11) is 0. The number of hydrogen-bond acceptors (Lipinski definition) is 4. The third-order valence-corrected chi connectivity index (χ3v) is 4.29. The van der Waals surface area contributed by atoms with Gasteiger partial charge in [0.1, 0.15) is 12.4 Å². The van der Waals surface area contributed by atoms with Crippen LogP contribution in [-0.4, -0.2) is 30.9 Å². The Hall–Kier alpha value is -1.07. The Bertz CT molecular complexity index is 432. The van der Waals surface area contributed by atoms with E-state index in [9.17, 15) is 9.90 Å². The third kappa shape index (κ3) is 5.13. The van der Waals surface area contributed by atoms with Crippen molar-refractivity contribution in [3.05, 3.63) is 15.8 Å². The molecule has 0 aliphatic rings. The van der Waals surface area contributed by atoms with E-state index < -0.39 is 5.97 Å². The predicted octanol–water partition coefficient (Wildman–Crippen LogP) is 3.94. The Kier molecular flexibility index (Phi) is 6.49. The van der Waals surface area contributed by atoms with Gasteiger partial charge in [-0.15, -0.1) is 11.3 Å². The van der Waals surface area contributed by atoms with Crippen LogP contribution >= 0.6 is 11.3 Å². The zero-order valence-corrected chi connectivity index (χ0v) is 13.5. The summed E-state index contributed by atoms with van der Waals surface area (Å²) in [5.41, 5.74) is -0.0753. The highest BCUT2D eigenvalue weighted by Gasteiger charge is 2.23. The molecule has 1 aromatic heterocycles. The SMILES string of the molecule is CCCCOCCOc1cc(C(C)(C)C)sc1C(=O)O. The van der Waals surface area contributed by atoms with Gasteiger partial charge in [0.25, 0.3) is 0 Å². The second-order valence-corrected chi connectivity index (χ2v) is 6.73. The summed E-state index contributed by atoms with van der Waals surface area (Å²) in [6.45, 7) is 9.87. The second kappa shape index (κ2) is 7.64. The first-order valence-electron chi connectivity index (χ1n) is 6.94. The van der Waals surface area contributed by atoms with Gasteiger partial charge in [0.15, 0.2) is 4.88 Å². The lowest BCUT2D eigenvalue weighted by molar-refractivity contribution is 0.0691. The van der Waals surface area contributed by atoms with Crippen molar-refractivity contribution in [1.29, 1.82) is 0 Å². The van der Waals surface area contributed by atoms with Gasteiger partial charge in [0, 0.05) is 11.5 Å². The first kappa shape index (κ1) is 17.0. The summed E-state index contributed by atoms with van der Waals surface area (Å²) >= 11 is 1.28. The Morgan fingerprint density at radius 2 is 2.00 bits per heavy atom. The molecule has 0 unspecified atom stereocenters. The molecule has 0 amide bonds. The number of ether oxygens (including phenoxy) is 2. The molecular weight excluding hydrogens is 276 g/mol. The number of hydrogen-bond donors (Lipinski definition) is 1. The van der Waals surface area contributed by atoms with Crippen molar-refractivity contribution in [3.8, 4) is 5.75 Å². The van der Waals surface area contributed by atoms with E-state index in [1.165, 1.54) is 11.3 Å². The number of carboxylic acid groups (broad SMARTS) is 1. The molecule has 0 aliphatic carbocycles. The van der Waals surface area contributed by atoms with Crippen molar-refractivity contribution in [2.24, 2.45) is 0 Å². The van der Waals surface area contributed by atoms with E-state index >= 15 is 0 Å². The monoisotopic (exact) mass is 300 g/mol. The molecule has 0 fully saturated rings. The molecule has 0 aliphatic heterocycles. The summed E-state index contributed by atoms with van der Waals surface area (Å²) in [6.07, 6.45) is 2.14. The van der Waals surface area contributed by atoms with E-state index in [2.05, 4.69) is 27.7 Å². The Morgan fingerprint density at radius 1 is 1.30 bits per heavy atom. The summed E-state index contributed by atoms with van der Waals surface area (Å²) in [6, 6.07) is 1.83. The Balaban J connectivity index is 2.60. The van der Waals surface area contributed by atoms with Crippen molar-refractivity contribution in [2.45, 2.75) is 46.0 Å². The first-order chi connectivity index (χ1) is 9.36. The molecule has 0 saturated heterocycles. The van der Waals surface area contributed by atoms with Gasteiger partial charge in [-0.05, 0) is 17.9 Å². The van der Waals surface area contributed by atoms with Crippen molar-refractivity contribution >= 4 is 17.3 Å². The number of thiophene rings is 1. The van der Waals surface area contributed by atoms with Crippen molar-refractivity contribution in [2.75, 3.05) is 19.8 Å². The molecule has 1 aromatic rings. The normalized spacial score (nSPS) is 11.6. The average molecular weight is 300 g/mol. The third-order valence-electron chi connectivity index (χ3n) is 2.76. The maximum atomic E-state index is 11.2.